The van der Waals surface area contributed by atoms with Gasteiger partial charge in [-0.2, -0.15) is 0 Å². The van der Waals surface area contributed by atoms with Crippen LogP contribution in [0.5, 0.6) is 0 Å². The summed E-state index contributed by atoms with van der Waals surface area (Å²) in [4.78, 5) is 0. The third-order valence-electron chi connectivity index (χ3n) is 2.04. The van der Waals surface area contributed by atoms with E-state index in [1.165, 1.54) is 25.7 Å². The van der Waals surface area contributed by atoms with E-state index in [0.717, 1.165) is 12.8 Å². The van der Waals surface area contributed by atoms with E-state index in [0.29, 0.717) is 6.04 Å². The first-order valence-corrected chi connectivity index (χ1v) is 3.83. The van der Waals surface area contributed by atoms with Crippen LogP contribution in [0.25, 0.3) is 0 Å². The zero-order valence-corrected chi connectivity index (χ0v) is 5.77. The molecule has 0 saturated heterocycles. The summed E-state index contributed by atoms with van der Waals surface area (Å²) in [5.74, 6) is 0. The van der Waals surface area contributed by atoms with Gasteiger partial charge in [0.1, 0.15) is 0 Å². The molecule has 1 saturated carbocycles. The molecule has 0 aromatic rings. The highest BCUT2D eigenvalue weighted by Gasteiger charge is 2.09. The fourth-order valence-electron chi connectivity index (χ4n) is 1.41. The molecule has 0 unspecified atom stereocenters. The van der Waals surface area contributed by atoms with Gasteiger partial charge in [-0.25, -0.2) is 5.48 Å². The van der Waals surface area contributed by atoms with Gasteiger partial charge in [0.25, 0.3) is 0 Å². The summed E-state index contributed by atoms with van der Waals surface area (Å²) < 4.78 is 0. The lowest BCUT2D eigenvalue weighted by atomic mass is 10.1. The highest BCUT2D eigenvalue weighted by molar-refractivity contribution is 4.65. The van der Waals surface area contributed by atoms with Gasteiger partial charge in [0.05, 0.1) is 0 Å². The first-order chi connectivity index (χ1) is 4.43. The van der Waals surface area contributed by atoms with Gasteiger partial charge in [0.2, 0.25) is 0 Å². The Hall–Kier alpha value is -0.0800. The minimum absolute atomic E-state index is 0.382. The predicted octanol–water partition coefficient (Wildman–Crippen LogP) is 1.69. The second-order valence-electron chi connectivity index (χ2n) is 2.82. The van der Waals surface area contributed by atoms with E-state index in [9.17, 15) is 0 Å². The molecule has 0 atom stereocenters. The Morgan fingerprint density at radius 3 is 2.00 bits per heavy atom. The average molecular weight is 129 g/mol. The monoisotopic (exact) mass is 129 g/mol. The minimum atomic E-state index is 0.382. The predicted molar refractivity (Wildman–Crippen MR) is 36.4 cm³/mol. The Morgan fingerprint density at radius 2 is 1.56 bits per heavy atom. The fourth-order valence-corrected chi connectivity index (χ4v) is 1.41. The van der Waals surface area contributed by atoms with E-state index in [-0.39, 0.29) is 0 Å². The highest BCUT2D eigenvalue weighted by atomic mass is 16.5. The smallest absolute Gasteiger partial charge is 0.0319 e. The van der Waals surface area contributed by atoms with Crippen LogP contribution in [-0.4, -0.2) is 11.2 Å². The van der Waals surface area contributed by atoms with Crippen molar-refractivity contribution in [1.82, 2.24) is 5.48 Å². The topological polar surface area (TPSA) is 32.3 Å². The fraction of sp³-hybridized carbons (Fsp3) is 1.00. The van der Waals surface area contributed by atoms with Crippen molar-refractivity contribution in [3.63, 3.8) is 0 Å². The molecule has 0 spiro atoms. The molecule has 0 aromatic heterocycles. The summed E-state index contributed by atoms with van der Waals surface area (Å²) in [5, 5.41) is 8.57. The molecule has 0 heterocycles. The Balaban J connectivity index is 2.18. The van der Waals surface area contributed by atoms with Crippen LogP contribution < -0.4 is 5.48 Å². The second-order valence-corrected chi connectivity index (χ2v) is 2.82. The van der Waals surface area contributed by atoms with Gasteiger partial charge >= 0.3 is 0 Å². The molecule has 1 aliphatic carbocycles. The average Bonchev–Trinajstić information content (AvgIpc) is 2.13. The zero-order chi connectivity index (χ0) is 6.53. The van der Waals surface area contributed by atoms with E-state index in [1.807, 2.05) is 0 Å². The summed E-state index contributed by atoms with van der Waals surface area (Å²) >= 11 is 0. The van der Waals surface area contributed by atoms with Gasteiger partial charge < -0.3 is 5.21 Å². The van der Waals surface area contributed by atoms with Gasteiger partial charge in [0.15, 0.2) is 0 Å². The Labute approximate surface area is 56.2 Å². The van der Waals surface area contributed by atoms with Gasteiger partial charge in [0, 0.05) is 6.04 Å². The molecule has 9 heavy (non-hydrogen) atoms. The Bertz CT molecular complexity index is 67.3. The van der Waals surface area contributed by atoms with Gasteiger partial charge in [-0.05, 0) is 12.8 Å². The maximum Gasteiger partial charge on any atom is 0.0319 e. The second kappa shape index (κ2) is 3.85. The van der Waals surface area contributed by atoms with Crippen molar-refractivity contribution >= 4 is 0 Å². The molecule has 0 amide bonds. The van der Waals surface area contributed by atoms with Crippen molar-refractivity contribution in [2.75, 3.05) is 0 Å². The zero-order valence-electron chi connectivity index (χ0n) is 5.77. The van der Waals surface area contributed by atoms with Crippen molar-refractivity contribution in [1.29, 1.82) is 0 Å². The summed E-state index contributed by atoms with van der Waals surface area (Å²) in [7, 11) is 0. The molecule has 0 radical (unpaired) electrons. The molecule has 54 valence electrons. The lowest BCUT2D eigenvalue weighted by molar-refractivity contribution is 0.118. The van der Waals surface area contributed by atoms with Crippen LogP contribution in [0.2, 0.25) is 0 Å². The van der Waals surface area contributed by atoms with Crippen LogP contribution in [0.15, 0.2) is 0 Å². The molecule has 2 N–H and O–H groups in total. The molecule has 1 fully saturated rings. The number of hydrogen-bond donors (Lipinski definition) is 2. The molecule has 2 heteroatoms. The van der Waals surface area contributed by atoms with Crippen molar-refractivity contribution in [2.45, 2.75) is 44.6 Å². The van der Waals surface area contributed by atoms with Crippen LogP contribution in [0.1, 0.15) is 38.5 Å². The van der Waals surface area contributed by atoms with E-state index >= 15 is 0 Å². The lowest BCUT2D eigenvalue weighted by Crippen LogP contribution is -2.24. The third-order valence-corrected chi connectivity index (χ3v) is 2.04. The van der Waals surface area contributed by atoms with Crippen molar-refractivity contribution in [2.24, 2.45) is 0 Å². The van der Waals surface area contributed by atoms with E-state index in [1.54, 1.807) is 0 Å². The van der Waals surface area contributed by atoms with Gasteiger partial charge in [-0.15, -0.1) is 0 Å². The largest absolute Gasteiger partial charge is 0.317 e. The number of rotatable bonds is 1. The van der Waals surface area contributed by atoms with Crippen LogP contribution >= 0.6 is 0 Å². The van der Waals surface area contributed by atoms with Crippen LogP contribution in [0.3, 0.4) is 0 Å². The van der Waals surface area contributed by atoms with E-state index in [4.69, 9.17) is 5.21 Å². The minimum Gasteiger partial charge on any atom is -0.317 e. The van der Waals surface area contributed by atoms with Crippen molar-refractivity contribution in [3.05, 3.63) is 0 Å². The Morgan fingerprint density at radius 1 is 1.00 bits per heavy atom. The molecule has 0 bridgehead atoms. The van der Waals surface area contributed by atoms with E-state index < -0.39 is 0 Å². The maximum atomic E-state index is 8.57. The molecule has 1 rings (SSSR count). The highest BCUT2D eigenvalue weighted by Crippen LogP contribution is 2.16. The number of hydrogen-bond acceptors (Lipinski definition) is 2. The maximum absolute atomic E-state index is 8.57. The van der Waals surface area contributed by atoms with Crippen molar-refractivity contribution in [3.8, 4) is 0 Å². The normalized spacial score (nSPS) is 23.7. The molecule has 1 aliphatic rings. The van der Waals surface area contributed by atoms with E-state index in [2.05, 4.69) is 5.48 Å². The van der Waals surface area contributed by atoms with Crippen molar-refractivity contribution < 1.29 is 5.21 Å². The Kier molecular flexibility index (Phi) is 3.01. The van der Waals surface area contributed by atoms with Crippen LogP contribution in [-0.2, 0) is 0 Å². The quantitative estimate of drug-likeness (QED) is 0.417. The molecule has 2 nitrogen and oxygen atoms in total. The first-order valence-electron chi connectivity index (χ1n) is 3.83. The summed E-state index contributed by atoms with van der Waals surface area (Å²) in [5.41, 5.74) is 2.34. The molecule has 0 aromatic carbocycles. The van der Waals surface area contributed by atoms with Gasteiger partial charge in [-0.3, -0.25) is 0 Å². The van der Waals surface area contributed by atoms with Gasteiger partial charge in [-0.1, -0.05) is 25.7 Å². The van der Waals surface area contributed by atoms with Crippen LogP contribution in [0.4, 0.5) is 0 Å². The molecule has 0 aliphatic heterocycles. The molecular formula is C7H15NO. The first kappa shape index (κ1) is 7.03. The number of hydroxylamine groups is 1. The summed E-state index contributed by atoms with van der Waals surface area (Å²) in [6.07, 6.45) is 7.54. The summed E-state index contributed by atoms with van der Waals surface area (Å²) in [6, 6.07) is 0.382. The lowest BCUT2D eigenvalue weighted by Gasteiger charge is -2.09. The third kappa shape index (κ3) is 2.33. The SMILES string of the molecule is ONC1CCCCCC1. The number of nitrogens with one attached hydrogen (secondary N) is 1. The standard InChI is InChI=1S/C7H15NO/c9-8-7-5-3-1-2-4-6-7/h7-9H,1-6H2. The molecular weight excluding hydrogens is 114 g/mol. The van der Waals surface area contributed by atoms with Crippen LogP contribution in [0, 0.1) is 0 Å². The summed E-state index contributed by atoms with van der Waals surface area (Å²) in [6.45, 7) is 0.